The van der Waals surface area contributed by atoms with Gasteiger partial charge in [-0.1, -0.05) is 42.5 Å². The van der Waals surface area contributed by atoms with Gasteiger partial charge < -0.3 is 14.8 Å². The van der Waals surface area contributed by atoms with Crippen molar-refractivity contribution in [3.05, 3.63) is 65.6 Å². The highest BCUT2D eigenvalue weighted by molar-refractivity contribution is 5.91. The second-order valence-electron chi connectivity index (χ2n) is 5.08. The number of rotatable bonds is 4. The van der Waals surface area contributed by atoms with E-state index in [0.717, 1.165) is 5.56 Å². The maximum absolute atomic E-state index is 14.7. The summed E-state index contributed by atoms with van der Waals surface area (Å²) in [6.45, 7) is 0.223. The van der Waals surface area contributed by atoms with Crippen LogP contribution in [0.5, 0.6) is 5.75 Å². The predicted molar refractivity (Wildman–Crippen MR) is 80.4 cm³/mol. The fraction of sp³-hybridized carbons (Fsp3) is 0.118. The van der Waals surface area contributed by atoms with Crippen molar-refractivity contribution in [2.75, 3.05) is 0 Å². The second kappa shape index (κ2) is 5.52. The number of fused-ring (bicyclic) bond motifs is 1. The van der Waals surface area contributed by atoms with E-state index >= 15 is 0 Å². The maximum Gasteiger partial charge on any atom is 0.308 e. The molecule has 2 aromatic carbocycles. The maximum atomic E-state index is 14.7. The molecule has 0 unspecified atom stereocenters. The van der Waals surface area contributed by atoms with E-state index in [0.29, 0.717) is 10.9 Å². The summed E-state index contributed by atoms with van der Waals surface area (Å²) in [6.07, 6.45) is -0.423. The molecule has 0 radical (unpaired) electrons. The van der Waals surface area contributed by atoms with E-state index in [1.807, 2.05) is 30.3 Å². The summed E-state index contributed by atoms with van der Waals surface area (Å²) < 4.78 is 16.0. The van der Waals surface area contributed by atoms with E-state index in [1.165, 1.54) is 10.6 Å². The number of aromatic hydroxyl groups is 1. The number of halogens is 1. The molecule has 4 nitrogen and oxygen atoms in total. The molecular weight excluding hydrogens is 285 g/mol. The van der Waals surface area contributed by atoms with Crippen LogP contribution in [0.4, 0.5) is 4.39 Å². The van der Waals surface area contributed by atoms with E-state index in [9.17, 15) is 14.3 Å². The molecule has 1 heterocycles. The molecule has 112 valence electrons. The van der Waals surface area contributed by atoms with Crippen molar-refractivity contribution in [1.29, 1.82) is 0 Å². The topological polar surface area (TPSA) is 62.5 Å². The van der Waals surface area contributed by atoms with Crippen molar-refractivity contribution >= 4 is 16.9 Å². The van der Waals surface area contributed by atoms with Crippen LogP contribution in [-0.4, -0.2) is 20.7 Å². The van der Waals surface area contributed by atoms with Gasteiger partial charge in [0, 0.05) is 10.9 Å². The van der Waals surface area contributed by atoms with Crippen LogP contribution in [0.3, 0.4) is 0 Å². The van der Waals surface area contributed by atoms with Gasteiger partial charge in [-0.15, -0.1) is 0 Å². The summed E-state index contributed by atoms with van der Waals surface area (Å²) in [6, 6.07) is 13.9. The average molecular weight is 299 g/mol. The lowest BCUT2D eigenvalue weighted by Crippen LogP contribution is -2.06. The lowest BCUT2D eigenvalue weighted by Gasteiger charge is -2.07. The van der Waals surface area contributed by atoms with Crippen molar-refractivity contribution < 1.29 is 19.4 Å². The highest BCUT2D eigenvalue weighted by Crippen LogP contribution is 2.32. The Morgan fingerprint density at radius 2 is 1.82 bits per heavy atom. The zero-order chi connectivity index (χ0) is 15.7. The minimum atomic E-state index is -1.11. The minimum Gasteiger partial charge on any atom is -0.506 e. The molecule has 0 atom stereocenters. The molecule has 2 N–H and O–H groups in total. The number of carbonyl (C=O) groups is 1. The molecule has 0 bridgehead atoms. The molecule has 0 aliphatic carbocycles. The number of para-hydroxylation sites is 1. The Bertz CT molecular complexity index is 840. The summed E-state index contributed by atoms with van der Waals surface area (Å²) in [5, 5.41) is 19.5. The summed E-state index contributed by atoms with van der Waals surface area (Å²) in [5.41, 5.74) is 1.28. The predicted octanol–water partition coefficient (Wildman–Crippen LogP) is 3.16. The van der Waals surface area contributed by atoms with Crippen LogP contribution in [0.1, 0.15) is 11.1 Å². The molecule has 0 aliphatic heterocycles. The normalized spacial score (nSPS) is 11.0. The third-order valence-electron chi connectivity index (χ3n) is 3.61. The van der Waals surface area contributed by atoms with E-state index in [2.05, 4.69) is 0 Å². The number of benzene rings is 2. The molecule has 3 rings (SSSR count). The zero-order valence-electron chi connectivity index (χ0n) is 11.7. The molecule has 5 heteroatoms. The Balaban J connectivity index is 2.20. The Labute approximate surface area is 126 Å². The van der Waals surface area contributed by atoms with Gasteiger partial charge in [-0.05, 0) is 11.6 Å². The number of phenolic OH excluding ortho intramolecular Hbond substituents is 1. The molecule has 0 aliphatic rings. The van der Waals surface area contributed by atoms with Gasteiger partial charge in [0.25, 0.3) is 0 Å². The van der Waals surface area contributed by atoms with Crippen LogP contribution >= 0.6 is 0 Å². The molecular formula is C17H14FNO3. The number of hydrogen-bond acceptors (Lipinski definition) is 2. The van der Waals surface area contributed by atoms with Crippen molar-refractivity contribution in [3.8, 4) is 5.75 Å². The first-order valence-corrected chi connectivity index (χ1v) is 6.82. The lowest BCUT2D eigenvalue weighted by atomic mass is 10.1. The first-order valence-electron chi connectivity index (χ1n) is 6.82. The molecule has 0 saturated heterocycles. The van der Waals surface area contributed by atoms with Crippen LogP contribution < -0.4 is 0 Å². The van der Waals surface area contributed by atoms with E-state index in [4.69, 9.17) is 5.11 Å². The van der Waals surface area contributed by atoms with Gasteiger partial charge in [-0.3, -0.25) is 4.79 Å². The summed E-state index contributed by atoms with van der Waals surface area (Å²) in [5.74, 6) is -1.80. The quantitative estimate of drug-likeness (QED) is 0.778. The second-order valence-corrected chi connectivity index (χ2v) is 5.08. The van der Waals surface area contributed by atoms with Gasteiger partial charge in [0.15, 0.2) is 5.95 Å². The Kier molecular flexibility index (Phi) is 3.55. The SMILES string of the molecule is O=C(O)Cc1c(F)n(Cc2ccccc2)c2c(O)cccc12. The Hall–Kier alpha value is -2.82. The van der Waals surface area contributed by atoms with Crippen LogP contribution in [-0.2, 0) is 17.8 Å². The van der Waals surface area contributed by atoms with Gasteiger partial charge in [-0.2, -0.15) is 4.39 Å². The fourth-order valence-electron chi connectivity index (χ4n) is 2.66. The monoisotopic (exact) mass is 299 g/mol. The zero-order valence-corrected chi connectivity index (χ0v) is 11.7. The van der Waals surface area contributed by atoms with Crippen molar-refractivity contribution in [3.63, 3.8) is 0 Å². The Morgan fingerprint density at radius 3 is 2.50 bits per heavy atom. The largest absolute Gasteiger partial charge is 0.506 e. The van der Waals surface area contributed by atoms with Gasteiger partial charge >= 0.3 is 5.97 Å². The molecule has 0 saturated carbocycles. The number of carboxylic acid groups (broad SMARTS) is 1. The molecule has 0 spiro atoms. The number of aromatic nitrogens is 1. The summed E-state index contributed by atoms with van der Waals surface area (Å²) >= 11 is 0. The van der Waals surface area contributed by atoms with E-state index < -0.39 is 18.3 Å². The van der Waals surface area contributed by atoms with Gasteiger partial charge in [-0.25, -0.2) is 0 Å². The average Bonchev–Trinajstić information content (AvgIpc) is 2.75. The van der Waals surface area contributed by atoms with Gasteiger partial charge in [0.05, 0.1) is 18.5 Å². The van der Waals surface area contributed by atoms with Crippen LogP contribution in [0, 0.1) is 5.95 Å². The van der Waals surface area contributed by atoms with Crippen LogP contribution in [0.25, 0.3) is 10.9 Å². The van der Waals surface area contributed by atoms with Crippen molar-refractivity contribution in [1.82, 2.24) is 4.57 Å². The molecule has 0 fully saturated rings. The smallest absolute Gasteiger partial charge is 0.308 e. The number of nitrogens with zero attached hydrogens (tertiary/aromatic N) is 1. The summed E-state index contributed by atoms with van der Waals surface area (Å²) in [7, 11) is 0. The van der Waals surface area contributed by atoms with Gasteiger partial charge in [0.2, 0.25) is 0 Å². The molecule has 1 aromatic heterocycles. The van der Waals surface area contributed by atoms with E-state index in [1.54, 1.807) is 12.1 Å². The third-order valence-corrected chi connectivity index (χ3v) is 3.61. The standard InChI is InChI=1S/C17H14FNO3/c18-17-13(9-15(21)22)12-7-4-8-14(20)16(12)19(17)10-11-5-2-1-3-6-11/h1-8,20H,9-10H2,(H,21,22). The Morgan fingerprint density at radius 1 is 1.09 bits per heavy atom. The molecule has 0 amide bonds. The highest BCUT2D eigenvalue weighted by Gasteiger charge is 2.21. The van der Waals surface area contributed by atoms with Crippen molar-refractivity contribution in [2.45, 2.75) is 13.0 Å². The number of phenols is 1. The number of hydrogen-bond donors (Lipinski definition) is 2. The van der Waals surface area contributed by atoms with Gasteiger partial charge in [0.1, 0.15) is 5.75 Å². The molecule has 22 heavy (non-hydrogen) atoms. The van der Waals surface area contributed by atoms with Crippen LogP contribution in [0.15, 0.2) is 48.5 Å². The van der Waals surface area contributed by atoms with E-state index in [-0.39, 0.29) is 17.9 Å². The number of carboxylic acids is 1. The highest BCUT2D eigenvalue weighted by atomic mass is 19.1. The van der Waals surface area contributed by atoms with Crippen LogP contribution in [0.2, 0.25) is 0 Å². The molecule has 3 aromatic rings. The summed E-state index contributed by atoms with van der Waals surface area (Å²) in [4.78, 5) is 11.0. The first-order chi connectivity index (χ1) is 10.6. The number of aliphatic carboxylic acids is 1. The first kappa shape index (κ1) is 14.1. The third kappa shape index (κ3) is 2.41. The fourth-order valence-corrected chi connectivity index (χ4v) is 2.66. The van der Waals surface area contributed by atoms with Crippen molar-refractivity contribution in [2.24, 2.45) is 0 Å². The lowest BCUT2D eigenvalue weighted by molar-refractivity contribution is -0.136. The minimum absolute atomic E-state index is 0.0658.